The van der Waals surface area contributed by atoms with E-state index in [-0.39, 0.29) is 35.8 Å². The van der Waals surface area contributed by atoms with Crippen LogP contribution in [-0.4, -0.2) is 81.6 Å². The molecule has 1 saturated heterocycles. The molecule has 2 aromatic carbocycles. The maximum absolute atomic E-state index is 12.7. The van der Waals surface area contributed by atoms with Gasteiger partial charge in [0.15, 0.2) is 0 Å². The van der Waals surface area contributed by atoms with Crippen molar-refractivity contribution in [2.45, 2.75) is 25.8 Å². The Bertz CT molecular complexity index is 1120. The van der Waals surface area contributed by atoms with Gasteiger partial charge in [0.2, 0.25) is 5.91 Å². The normalized spacial score (nSPS) is 16.4. The summed E-state index contributed by atoms with van der Waals surface area (Å²) in [7, 11) is 0. The summed E-state index contributed by atoms with van der Waals surface area (Å²) in [6.07, 6.45) is -0.307. The highest BCUT2D eigenvalue weighted by Crippen LogP contribution is 2.26. The zero-order valence-corrected chi connectivity index (χ0v) is 18.8. The molecule has 0 unspecified atom stereocenters. The number of carboxylic acid groups (broad SMARTS) is 1. The van der Waals surface area contributed by atoms with Gasteiger partial charge in [0, 0.05) is 38.2 Å². The number of hydrogen-bond acceptors (Lipinski definition) is 5. The summed E-state index contributed by atoms with van der Waals surface area (Å²) < 4.78 is 0. The molecule has 1 fully saturated rings. The van der Waals surface area contributed by atoms with Crippen LogP contribution in [0, 0.1) is 6.92 Å². The minimum Gasteiger partial charge on any atom is -0.480 e. The van der Waals surface area contributed by atoms with Crippen LogP contribution in [0.1, 0.15) is 49.5 Å². The lowest BCUT2D eigenvalue weighted by Crippen LogP contribution is -2.51. The smallest absolute Gasteiger partial charge is 0.326 e. The Labute approximate surface area is 196 Å². The molecule has 2 aromatic rings. The fourth-order valence-electron chi connectivity index (χ4n) is 4.31. The number of carboxylic acids is 1. The standard InChI is InChI=1S/C25H25N3O6/c1-16-6-8-17(9-7-16)22(30)27-14-12-26(13-15-27)21(29)11-10-20(25(33)34)28-23(31)18-4-2-3-5-19(18)24(28)32/h2-9,20H,10-15H2,1H3,(H,33,34)/t20-/m0/s1. The van der Waals surface area contributed by atoms with Crippen LogP contribution in [-0.2, 0) is 9.59 Å². The molecular weight excluding hydrogens is 438 g/mol. The molecule has 0 aliphatic carbocycles. The minimum absolute atomic E-state index is 0.0938. The van der Waals surface area contributed by atoms with E-state index >= 15 is 0 Å². The molecule has 34 heavy (non-hydrogen) atoms. The first kappa shape index (κ1) is 23.2. The maximum atomic E-state index is 12.7. The number of aliphatic carboxylic acids is 1. The van der Waals surface area contributed by atoms with E-state index in [1.54, 1.807) is 34.1 Å². The fraction of sp³-hybridized carbons (Fsp3) is 0.320. The molecule has 0 spiro atoms. The van der Waals surface area contributed by atoms with Crippen molar-refractivity contribution in [2.75, 3.05) is 26.2 Å². The summed E-state index contributed by atoms with van der Waals surface area (Å²) >= 11 is 0. The van der Waals surface area contributed by atoms with Crippen LogP contribution in [0.25, 0.3) is 0 Å². The molecule has 9 heteroatoms. The van der Waals surface area contributed by atoms with Crippen molar-refractivity contribution in [2.24, 2.45) is 0 Å². The van der Waals surface area contributed by atoms with E-state index in [4.69, 9.17) is 0 Å². The van der Waals surface area contributed by atoms with Gasteiger partial charge in [0.05, 0.1) is 11.1 Å². The lowest BCUT2D eigenvalue weighted by atomic mass is 10.1. The third kappa shape index (κ3) is 4.41. The maximum Gasteiger partial charge on any atom is 0.326 e. The first-order chi connectivity index (χ1) is 16.3. The summed E-state index contributed by atoms with van der Waals surface area (Å²) in [6.45, 7) is 3.36. The molecule has 4 amide bonds. The molecular formula is C25H25N3O6. The Hall–Kier alpha value is -4.01. The minimum atomic E-state index is -1.43. The zero-order valence-electron chi connectivity index (χ0n) is 18.8. The zero-order chi connectivity index (χ0) is 24.4. The van der Waals surface area contributed by atoms with E-state index in [9.17, 15) is 29.1 Å². The molecule has 176 valence electrons. The Morgan fingerprint density at radius 1 is 0.853 bits per heavy atom. The Balaban J connectivity index is 1.34. The molecule has 0 bridgehead atoms. The Morgan fingerprint density at radius 2 is 1.38 bits per heavy atom. The number of piperazine rings is 1. The highest BCUT2D eigenvalue weighted by atomic mass is 16.4. The molecule has 1 N–H and O–H groups in total. The van der Waals surface area contributed by atoms with Gasteiger partial charge in [-0.2, -0.15) is 0 Å². The molecule has 9 nitrogen and oxygen atoms in total. The van der Waals surface area contributed by atoms with Gasteiger partial charge in [0.1, 0.15) is 6.04 Å². The summed E-state index contributed by atoms with van der Waals surface area (Å²) in [6, 6.07) is 12.1. The van der Waals surface area contributed by atoms with Gasteiger partial charge in [-0.25, -0.2) is 4.79 Å². The predicted octanol–water partition coefficient (Wildman–Crippen LogP) is 1.81. The topological polar surface area (TPSA) is 115 Å². The summed E-state index contributed by atoms with van der Waals surface area (Å²) in [5.74, 6) is -3.03. The highest BCUT2D eigenvalue weighted by Gasteiger charge is 2.43. The van der Waals surface area contributed by atoms with Crippen molar-refractivity contribution in [3.8, 4) is 0 Å². The van der Waals surface area contributed by atoms with Gasteiger partial charge in [-0.3, -0.25) is 24.1 Å². The second kappa shape index (κ2) is 9.46. The van der Waals surface area contributed by atoms with Crippen LogP contribution >= 0.6 is 0 Å². The van der Waals surface area contributed by atoms with Gasteiger partial charge < -0.3 is 14.9 Å². The summed E-state index contributed by atoms with van der Waals surface area (Å²) in [5, 5.41) is 9.68. The van der Waals surface area contributed by atoms with Crippen LogP contribution < -0.4 is 0 Å². The quantitative estimate of drug-likeness (QED) is 0.654. The number of amides is 4. The molecule has 2 aliphatic rings. The average Bonchev–Trinajstić information content (AvgIpc) is 3.09. The number of carbonyl (C=O) groups excluding carboxylic acids is 4. The number of nitrogens with zero attached hydrogens (tertiary/aromatic N) is 3. The molecule has 0 radical (unpaired) electrons. The van der Waals surface area contributed by atoms with E-state index in [1.807, 2.05) is 19.1 Å². The third-order valence-electron chi connectivity index (χ3n) is 6.27. The van der Waals surface area contributed by atoms with E-state index < -0.39 is 23.8 Å². The highest BCUT2D eigenvalue weighted by molar-refractivity contribution is 6.22. The Morgan fingerprint density at radius 3 is 1.91 bits per heavy atom. The molecule has 0 saturated carbocycles. The lowest BCUT2D eigenvalue weighted by Gasteiger charge is -2.35. The van der Waals surface area contributed by atoms with Gasteiger partial charge in [-0.15, -0.1) is 0 Å². The molecule has 0 aromatic heterocycles. The largest absolute Gasteiger partial charge is 0.480 e. The molecule has 1 atom stereocenters. The van der Waals surface area contributed by atoms with E-state index in [0.29, 0.717) is 31.7 Å². The lowest BCUT2D eigenvalue weighted by molar-refractivity contribution is -0.142. The van der Waals surface area contributed by atoms with Crippen molar-refractivity contribution < 1.29 is 29.1 Å². The predicted molar refractivity (Wildman–Crippen MR) is 121 cm³/mol. The van der Waals surface area contributed by atoms with Gasteiger partial charge in [-0.1, -0.05) is 29.8 Å². The van der Waals surface area contributed by atoms with Crippen molar-refractivity contribution in [1.82, 2.24) is 14.7 Å². The van der Waals surface area contributed by atoms with E-state index in [0.717, 1.165) is 10.5 Å². The van der Waals surface area contributed by atoms with Crippen LogP contribution in [0.2, 0.25) is 0 Å². The number of benzene rings is 2. The van der Waals surface area contributed by atoms with Crippen molar-refractivity contribution in [3.63, 3.8) is 0 Å². The molecule has 2 heterocycles. The van der Waals surface area contributed by atoms with Crippen molar-refractivity contribution in [1.29, 1.82) is 0 Å². The second-order valence-electron chi connectivity index (χ2n) is 8.46. The van der Waals surface area contributed by atoms with Gasteiger partial charge >= 0.3 is 5.97 Å². The average molecular weight is 463 g/mol. The monoisotopic (exact) mass is 463 g/mol. The number of carbonyl (C=O) groups is 5. The van der Waals surface area contributed by atoms with Crippen molar-refractivity contribution >= 4 is 29.6 Å². The Kier molecular flexibility index (Phi) is 6.45. The van der Waals surface area contributed by atoms with Crippen LogP contribution in [0.4, 0.5) is 0 Å². The van der Waals surface area contributed by atoms with Crippen LogP contribution in [0.3, 0.4) is 0 Å². The van der Waals surface area contributed by atoms with Gasteiger partial charge in [-0.05, 0) is 37.6 Å². The van der Waals surface area contributed by atoms with Gasteiger partial charge in [0.25, 0.3) is 17.7 Å². The first-order valence-corrected chi connectivity index (χ1v) is 11.1. The fourth-order valence-corrected chi connectivity index (χ4v) is 4.31. The van der Waals surface area contributed by atoms with Crippen molar-refractivity contribution in [3.05, 3.63) is 70.8 Å². The summed E-state index contributed by atoms with van der Waals surface area (Å²) in [4.78, 5) is 66.6. The summed E-state index contributed by atoms with van der Waals surface area (Å²) in [5.41, 5.74) is 1.99. The molecule has 4 rings (SSSR count). The number of rotatable bonds is 6. The van der Waals surface area contributed by atoms with Crippen LogP contribution in [0.5, 0.6) is 0 Å². The first-order valence-electron chi connectivity index (χ1n) is 11.1. The van der Waals surface area contributed by atoms with E-state index in [1.165, 1.54) is 12.1 Å². The molecule has 2 aliphatic heterocycles. The SMILES string of the molecule is Cc1ccc(C(=O)N2CCN(C(=O)CC[C@@H](C(=O)O)N3C(=O)c4ccccc4C3=O)CC2)cc1. The second-order valence-corrected chi connectivity index (χ2v) is 8.46. The number of hydrogen-bond donors (Lipinski definition) is 1. The van der Waals surface area contributed by atoms with Crippen LogP contribution in [0.15, 0.2) is 48.5 Å². The number of imide groups is 1. The van der Waals surface area contributed by atoms with E-state index in [2.05, 4.69) is 0 Å². The number of aryl methyl sites for hydroxylation is 1. The third-order valence-corrected chi connectivity index (χ3v) is 6.27. The number of fused-ring (bicyclic) bond motifs is 1.